The van der Waals surface area contributed by atoms with Crippen molar-refractivity contribution >= 4 is 5.69 Å². The second kappa shape index (κ2) is 6.60. The maximum atomic E-state index is 4.07. The standard InChI is InChI=1S/C14H23N3/c1-2-3-8-16-13-6-11-17(12-7-13)14-4-9-15-10-5-14/h4-5,9-10,13,16H,2-3,6-8,11-12H2,1H3. The van der Waals surface area contributed by atoms with Crippen molar-refractivity contribution < 1.29 is 0 Å². The summed E-state index contributed by atoms with van der Waals surface area (Å²) in [6.07, 6.45) is 8.84. The molecule has 0 radical (unpaired) electrons. The molecule has 1 fully saturated rings. The van der Waals surface area contributed by atoms with Crippen LogP contribution in [0.25, 0.3) is 0 Å². The number of aromatic nitrogens is 1. The van der Waals surface area contributed by atoms with Crippen LogP contribution in [-0.2, 0) is 0 Å². The molecule has 1 N–H and O–H groups in total. The van der Waals surface area contributed by atoms with Crippen molar-refractivity contribution in [2.75, 3.05) is 24.5 Å². The van der Waals surface area contributed by atoms with Gasteiger partial charge in [0.05, 0.1) is 0 Å². The normalized spacial score (nSPS) is 17.4. The fourth-order valence-electron chi connectivity index (χ4n) is 2.38. The largest absolute Gasteiger partial charge is 0.371 e. The average molecular weight is 233 g/mol. The van der Waals surface area contributed by atoms with E-state index in [9.17, 15) is 0 Å². The van der Waals surface area contributed by atoms with Gasteiger partial charge in [0.25, 0.3) is 0 Å². The molecule has 0 saturated carbocycles. The van der Waals surface area contributed by atoms with Gasteiger partial charge in [-0.2, -0.15) is 0 Å². The third-order valence-electron chi connectivity index (χ3n) is 3.49. The number of rotatable bonds is 5. The molecule has 0 aromatic carbocycles. The lowest BCUT2D eigenvalue weighted by molar-refractivity contribution is 0.412. The summed E-state index contributed by atoms with van der Waals surface area (Å²) in [5.41, 5.74) is 1.31. The van der Waals surface area contributed by atoms with Crippen molar-refractivity contribution in [3.05, 3.63) is 24.5 Å². The highest BCUT2D eigenvalue weighted by Crippen LogP contribution is 2.18. The van der Waals surface area contributed by atoms with Crippen LogP contribution in [0, 0.1) is 0 Å². The van der Waals surface area contributed by atoms with Crippen LogP contribution in [0.5, 0.6) is 0 Å². The molecule has 2 rings (SSSR count). The van der Waals surface area contributed by atoms with Crippen LogP contribution in [0.2, 0.25) is 0 Å². The fourth-order valence-corrected chi connectivity index (χ4v) is 2.38. The van der Waals surface area contributed by atoms with Crippen molar-refractivity contribution in [1.29, 1.82) is 0 Å². The van der Waals surface area contributed by atoms with E-state index in [1.165, 1.54) is 37.9 Å². The quantitative estimate of drug-likeness (QED) is 0.792. The molecule has 1 saturated heterocycles. The molecule has 17 heavy (non-hydrogen) atoms. The first-order valence-electron chi connectivity index (χ1n) is 6.78. The van der Waals surface area contributed by atoms with Gasteiger partial charge in [0.2, 0.25) is 0 Å². The van der Waals surface area contributed by atoms with Gasteiger partial charge in [-0.05, 0) is 37.9 Å². The van der Waals surface area contributed by atoms with Gasteiger partial charge in [0, 0.05) is 37.2 Å². The van der Waals surface area contributed by atoms with E-state index >= 15 is 0 Å². The molecular formula is C14H23N3. The summed E-state index contributed by atoms with van der Waals surface area (Å²) >= 11 is 0. The van der Waals surface area contributed by atoms with Gasteiger partial charge < -0.3 is 10.2 Å². The lowest BCUT2D eigenvalue weighted by atomic mass is 10.0. The van der Waals surface area contributed by atoms with E-state index in [4.69, 9.17) is 0 Å². The lowest BCUT2D eigenvalue weighted by Gasteiger charge is -2.34. The van der Waals surface area contributed by atoms with Gasteiger partial charge in [0.1, 0.15) is 0 Å². The van der Waals surface area contributed by atoms with E-state index in [1.54, 1.807) is 0 Å². The zero-order valence-corrected chi connectivity index (χ0v) is 10.7. The second-order valence-electron chi connectivity index (χ2n) is 4.77. The minimum atomic E-state index is 0.722. The molecule has 3 nitrogen and oxygen atoms in total. The number of unbranched alkanes of at least 4 members (excludes halogenated alkanes) is 1. The Hall–Kier alpha value is -1.09. The van der Waals surface area contributed by atoms with Crippen LogP contribution in [-0.4, -0.2) is 30.7 Å². The van der Waals surface area contributed by atoms with E-state index in [0.717, 1.165) is 19.1 Å². The van der Waals surface area contributed by atoms with Crippen molar-refractivity contribution in [2.24, 2.45) is 0 Å². The molecule has 1 aliphatic heterocycles. The Morgan fingerprint density at radius 2 is 2.00 bits per heavy atom. The van der Waals surface area contributed by atoms with Crippen molar-refractivity contribution in [3.63, 3.8) is 0 Å². The summed E-state index contributed by atoms with van der Waals surface area (Å²) in [7, 11) is 0. The summed E-state index contributed by atoms with van der Waals surface area (Å²) in [4.78, 5) is 6.52. The number of hydrogen-bond acceptors (Lipinski definition) is 3. The minimum absolute atomic E-state index is 0.722. The third-order valence-corrected chi connectivity index (χ3v) is 3.49. The zero-order valence-electron chi connectivity index (χ0n) is 10.7. The third kappa shape index (κ3) is 3.70. The molecule has 3 heteroatoms. The van der Waals surface area contributed by atoms with E-state index in [1.807, 2.05) is 12.4 Å². The van der Waals surface area contributed by atoms with Gasteiger partial charge in [-0.25, -0.2) is 0 Å². The second-order valence-corrected chi connectivity index (χ2v) is 4.77. The first-order valence-corrected chi connectivity index (χ1v) is 6.78. The fraction of sp³-hybridized carbons (Fsp3) is 0.643. The number of anilines is 1. The predicted molar refractivity (Wildman–Crippen MR) is 72.4 cm³/mol. The van der Waals surface area contributed by atoms with Crippen LogP contribution >= 0.6 is 0 Å². The molecule has 0 atom stereocenters. The molecular weight excluding hydrogens is 210 g/mol. The summed E-state index contributed by atoms with van der Waals surface area (Å²) < 4.78 is 0. The maximum Gasteiger partial charge on any atom is 0.0397 e. The van der Waals surface area contributed by atoms with Crippen LogP contribution in [0.4, 0.5) is 5.69 Å². The lowest BCUT2D eigenvalue weighted by Crippen LogP contribution is -2.42. The Labute approximate surface area is 104 Å². The number of pyridine rings is 1. The predicted octanol–water partition coefficient (Wildman–Crippen LogP) is 2.44. The maximum absolute atomic E-state index is 4.07. The topological polar surface area (TPSA) is 28.2 Å². The Morgan fingerprint density at radius 3 is 2.65 bits per heavy atom. The van der Waals surface area contributed by atoms with E-state index in [-0.39, 0.29) is 0 Å². The Balaban J connectivity index is 1.74. The van der Waals surface area contributed by atoms with Gasteiger partial charge in [-0.15, -0.1) is 0 Å². The number of nitrogens with one attached hydrogen (secondary N) is 1. The van der Waals surface area contributed by atoms with Gasteiger partial charge >= 0.3 is 0 Å². The molecule has 0 bridgehead atoms. The molecule has 1 aromatic rings. The molecule has 0 spiro atoms. The average Bonchev–Trinajstić information content (AvgIpc) is 2.41. The van der Waals surface area contributed by atoms with Crippen molar-refractivity contribution in [2.45, 2.75) is 38.6 Å². The van der Waals surface area contributed by atoms with Crippen molar-refractivity contribution in [1.82, 2.24) is 10.3 Å². The van der Waals surface area contributed by atoms with Gasteiger partial charge in [-0.3, -0.25) is 4.98 Å². The number of nitrogens with zero attached hydrogens (tertiary/aromatic N) is 2. The van der Waals surface area contributed by atoms with E-state index in [2.05, 4.69) is 34.3 Å². The van der Waals surface area contributed by atoms with Crippen LogP contribution in [0.15, 0.2) is 24.5 Å². The summed E-state index contributed by atoms with van der Waals surface area (Å²) in [6.45, 7) is 5.74. The number of hydrogen-bond donors (Lipinski definition) is 1. The molecule has 0 aliphatic carbocycles. The summed E-state index contributed by atoms with van der Waals surface area (Å²) in [5.74, 6) is 0. The zero-order chi connectivity index (χ0) is 11.9. The highest BCUT2D eigenvalue weighted by molar-refractivity contribution is 5.44. The highest BCUT2D eigenvalue weighted by atomic mass is 15.1. The minimum Gasteiger partial charge on any atom is -0.371 e. The Kier molecular flexibility index (Phi) is 4.80. The molecule has 1 aromatic heterocycles. The molecule has 0 amide bonds. The Bertz CT molecular complexity index is 305. The molecule has 1 aliphatic rings. The monoisotopic (exact) mass is 233 g/mol. The van der Waals surface area contributed by atoms with Gasteiger partial charge in [-0.1, -0.05) is 13.3 Å². The number of piperidine rings is 1. The van der Waals surface area contributed by atoms with E-state index < -0.39 is 0 Å². The van der Waals surface area contributed by atoms with Crippen LogP contribution < -0.4 is 10.2 Å². The van der Waals surface area contributed by atoms with Crippen LogP contribution in [0.3, 0.4) is 0 Å². The Morgan fingerprint density at radius 1 is 1.29 bits per heavy atom. The highest BCUT2D eigenvalue weighted by Gasteiger charge is 2.18. The van der Waals surface area contributed by atoms with Crippen molar-refractivity contribution in [3.8, 4) is 0 Å². The molecule has 0 unspecified atom stereocenters. The van der Waals surface area contributed by atoms with Crippen LogP contribution in [0.1, 0.15) is 32.6 Å². The SMILES string of the molecule is CCCCNC1CCN(c2ccncc2)CC1. The van der Waals surface area contributed by atoms with Gasteiger partial charge in [0.15, 0.2) is 0 Å². The smallest absolute Gasteiger partial charge is 0.0397 e. The first-order chi connectivity index (χ1) is 8.40. The summed E-state index contributed by atoms with van der Waals surface area (Å²) in [6, 6.07) is 4.93. The molecule has 2 heterocycles. The molecule has 94 valence electrons. The first kappa shape index (κ1) is 12.4. The summed E-state index contributed by atoms with van der Waals surface area (Å²) in [5, 5.41) is 3.66. The van der Waals surface area contributed by atoms with E-state index in [0.29, 0.717) is 0 Å².